The van der Waals surface area contributed by atoms with Crippen molar-refractivity contribution in [3.63, 3.8) is 0 Å². The zero-order valence-corrected chi connectivity index (χ0v) is 19.8. The first-order valence-corrected chi connectivity index (χ1v) is 11.4. The van der Waals surface area contributed by atoms with Crippen LogP contribution in [-0.2, 0) is 4.79 Å². The van der Waals surface area contributed by atoms with Gasteiger partial charge in [0, 0.05) is 49.2 Å². The third kappa shape index (κ3) is 5.21. The molecule has 1 aliphatic rings. The molecule has 1 unspecified atom stereocenters. The van der Waals surface area contributed by atoms with Gasteiger partial charge < -0.3 is 4.90 Å². The highest BCUT2D eigenvalue weighted by atomic mass is 35.5. The van der Waals surface area contributed by atoms with Crippen molar-refractivity contribution in [3.8, 4) is 0 Å². The van der Waals surface area contributed by atoms with E-state index in [2.05, 4.69) is 4.90 Å². The maximum atomic E-state index is 14.0. The summed E-state index contributed by atoms with van der Waals surface area (Å²) in [6.45, 7) is 1.19. The van der Waals surface area contributed by atoms with E-state index in [-0.39, 0.29) is 17.9 Å². The fourth-order valence-corrected chi connectivity index (χ4v) is 4.78. The van der Waals surface area contributed by atoms with Crippen molar-refractivity contribution in [2.45, 2.75) is 12.0 Å². The van der Waals surface area contributed by atoms with Gasteiger partial charge in [0.05, 0.1) is 12.0 Å². The minimum atomic E-state index is -0.682. The highest BCUT2D eigenvalue weighted by Gasteiger charge is 2.42. The minimum Gasteiger partial charge on any atom is -0.348 e. The van der Waals surface area contributed by atoms with E-state index in [1.807, 2.05) is 48.5 Å². The zero-order valence-electron chi connectivity index (χ0n) is 18.3. The van der Waals surface area contributed by atoms with Crippen LogP contribution in [-0.4, -0.2) is 42.9 Å². The highest BCUT2D eigenvalue weighted by Crippen LogP contribution is 2.41. The minimum absolute atomic E-state index is 0.0601. The first-order valence-electron chi connectivity index (χ1n) is 10.6. The lowest BCUT2D eigenvalue weighted by Gasteiger charge is -2.48. The molecule has 1 saturated heterocycles. The Morgan fingerprint density at radius 3 is 1.73 bits per heavy atom. The summed E-state index contributed by atoms with van der Waals surface area (Å²) in [6, 6.07) is 18.6. The number of rotatable bonds is 6. The summed E-state index contributed by atoms with van der Waals surface area (Å²) >= 11 is 12.2. The van der Waals surface area contributed by atoms with Gasteiger partial charge in [0.15, 0.2) is 0 Å². The number of likely N-dealkylation sites (tertiary alicyclic amines) is 1. The van der Waals surface area contributed by atoms with Gasteiger partial charge in [-0.15, -0.1) is 0 Å². The molecule has 3 nitrogen and oxygen atoms in total. The molecule has 7 heteroatoms. The Morgan fingerprint density at radius 2 is 1.30 bits per heavy atom. The second-order valence-electron chi connectivity index (χ2n) is 8.63. The Hall–Kier alpha value is -2.47. The number of hydrogen-bond donors (Lipinski definition) is 0. The summed E-state index contributed by atoms with van der Waals surface area (Å²) in [5, 5.41) is 1.31. The van der Waals surface area contributed by atoms with Gasteiger partial charge in [0.1, 0.15) is 11.6 Å². The second-order valence-corrected chi connectivity index (χ2v) is 9.51. The van der Waals surface area contributed by atoms with Crippen LogP contribution in [0.4, 0.5) is 8.78 Å². The van der Waals surface area contributed by atoms with E-state index in [4.69, 9.17) is 23.2 Å². The molecule has 172 valence electrons. The van der Waals surface area contributed by atoms with Crippen LogP contribution in [0, 0.1) is 17.6 Å². The molecule has 1 atom stereocenters. The first kappa shape index (κ1) is 23.7. The van der Waals surface area contributed by atoms with E-state index >= 15 is 0 Å². The molecular weight excluding hydrogens is 465 g/mol. The molecule has 1 amide bonds. The van der Waals surface area contributed by atoms with Crippen molar-refractivity contribution >= 4 is 29.1 Å². The molecular formula is C26H24Cl2F2N2O. The molecule has 33 heavy (non-hydrogen) atoms. The molecule has 0 saturated carbocycles. The van der Waals surface area contributed by atoms with Gasteiger partial charge in [-0.05, 0) is 53.1 Å². The largest absolute Gasteiger partial charge is 0.348 e. The van der Waals surface area contributed by atoms with E-state index in [1.165, 1.54) is 17.0 Å². The average molecular weight is 489 g/mol. The maximum Gasteiger partial charge on any atom is 0.229 e. The Morgan fingerprint density at radius 1 is 0.848 bits per heavy atom. The van der Waals surface area contributed by atoms with Crippen molar-refractivity contribution < 1.29 is 13.6 Å². The number of halogens is 4. The SMILES string of the molecule is CN(C)C(=O)C(c1cc(F)cc(F)c1)C1CN(C(c2ccc(Cl)cc2)c2ccc(Cl)cc2)C1. The van der Waals surface area contributed by atoms with E-state index in [1.54, 1.807) is 14.1 Å². The van der Waals surface area contributed by atoms with Crippen LogP contribution >= 0.6 is 23.2 Å². The molecule has 0 radical (unpaired) electrons. The molecule has 0 N–H and O–H groups in total. The topological polar surface area (TPSA) is 23.6 Å². The predicted octanol–water partition coefficient (Wildman–Crippen LogP) is 6.16. The number of benzene rings is 3. The standard InChI is InChI=1S/C26H24Cl2F2N2O/c1-31(2)26(33)24(18-11-22(29)13-23(30)12-18)19-14-32(15-19)25(16-3-7-20(27)8-4-16)17-5-9-21(28)10-6-17/h3-13,19,24-25H,14-15H2,1-2H3. The summed E-state index contributed by atoms with van der Waals surface area (Å²) in [4.78, 5) is 16.8. The Kier molecular flexibility index (Phi) is 7.03. The summed E-state index contributed by atoms with van der Waals surface area (Å²) < 4.78 is 27.9. The molecule has 3 aromatic rings. The average Bonchev–Trinajstić information content (AvgIpc) is 2.73. The molecule has 1 heterocycles. The predicted molar refractivity (Wildman–Crippen MR) is 128 cm³/mol. The van der Waals surface area contributed by atoms with E-state index in [9.17, 15) is 13.6 Å². The van der Waals surface area contributed by atoms with Crippen LogP contribution in [0.25, 0.3) is 0 Å². The molecule has 0 aliphatic carbocycles. The van der Waals surface area contributed by atoms with Crippen molar-refractivity contribution in [1.82, 2.24) is 9.80 Å². The summed E-state index contributed by atoms with van der Waals surface area (Å²) in [7, 11) is 3.32. The molecule has 0 aromatic heterocycles. The fourth-order valence-electron chi connectivity index (χ4n) is 4.52. The van der Waals surface area contributed by atoms with Gasteiger partial charge >= 0.3 is 0 Å². The van der Waals surface area contributed by atoms with Gasteiger partial charge in [0.2, 0.25) is 5.91 Å². The smallest absolute Gasteiger partial charge is 0.229 e. The number of hydrogen-bond acceptors (Lipinski definition) is 2. The molecule has 0 bridgehead atoms. The molecule has 0 spiro atoms. The van der Waals surface area contributed by atoms with Crippen molar-refractivity contribution in [2.75, 3.05) is 27.2 Å². The van der Waals surface area contributed by atoms with Crippen LogP contribution in [0.5, 0.6) is 0 Å². The number of amides is 1. The van der Waals surface area contributed by atoms with Crippen LogP contribution in [0.3, 0.4) is 0 Å². The Balaban J connectivity index is 1.64. The summed E-state index contributed by atoms with van der Waals surface area (Å²) in [5.41, 5.74) is 2.49. The quantitative estimate of drug-likeness (QED) is 0.414. The second kappa shape index (κ2) is 9.80. The van der Waals surface area contributed by atoms with Gasteiger partial charge in [-0.1, -0.05) is 47.5 Å². The van der Waals surface area contributed by atoms with Crippen LogP contribution in [0.2, 0.25) is 10.0 Å². The molecule has 1 fully saturated rings. The molecule has 3 aromatic carbocycles. The number of carbonyl (C=O) groups is 1. The van der Waals surface area contributed by atoms with Crippen molar-refractivity contribution in [2.24, 2.45) is 5.92 Å². The van der Waals surface area contributed by atoms with Gasteiger partial charge in [0.25, 0.3) is 0 Å². The van der Waals surface area contributed by atoms with E-state index in [0.29, 0.717) is 28.7 Å². The third-order valence-corrected chi connectivity index (χ3v) is 6.60. The Labute approximate surface area is 202 Å². The van der Waals surface area contributed by atoms with Crippen LogP contribution in [0.15, 0.2) is 66.7 Å². The van der Waals surface area contributed by atoms with E-state index in [0.717, 1.165) is 17.2 Å². The normalized spacial score (nSPS) is 15.4. The molecule has 4 rings (SSSR count). The number of carbonyl (C=O) groups excluding carboxylic acids is 1. The van der Waals surface area contributed by atoms with Gasteiger partial charge in [-0.25, -0.2) is 8.78 Å². The first-order chi connectivity index (χ1) is 15.7. The summed E-state index contributed by atoms with van der Waals surface area (Å²) in [5.74, 6) is -2.24. The van der Waals surface area contributed by atoms with E-state index < -0.39 is 17.6 Å². The Bertz CT molecular complexity index is 1060. The lowest BCUT2D eigenvalue weighted by molar-refractivity contribution is -0.133. The van der Waals surface area contributed by atoms with Crippen LogP contribution < -0.4 is 0 Å². The highest BCUT2D eigenvalue weighted by molar-refractivity contribution is 6.30. The van der Waals surface area contributed by atoms with Crippen molar-refractivity contribution in [3.05, 3.63) is 105 Å². The summed E-state index contributed by atoms with van der Waals surface area (Å²) in [6.07, 6.45) is 0. The van der Waals surface area contributed by atoms with Crippen molar-refractivity contribution in [1.29, 1.82) is 0 Å². The number of nitrogens with zero attached hydrogens (tertiary/aromatic N) is 2. The fraction of sp³-hybridized carbons (Fsp3) is 0.269. The lowest BCUT2D eigenvalue weighted by atomic mass is 9.78. The van der Waals surface area contributed by atoms with Gasteiger partial charge in [-0.3, -0.25) is 9.69 Å². The zero-order chi connectivity index (χ0) is 23.7. The monoisotopic (exact) mass is 488 g/mol. The molecule has 1 aliphatic heterocycles. The van der Waals surface area contributed by atoms with Crippen LogP contribution in [0.1, 0.15) is 28.7 Å². The maximum absolute atomic E-state index is 14.0. The number of likely N-dealkylation sites (N-methyl/N-ethyl adjacent to an activating group) is 1. The lowest BCUT2D eigenvalue weighted by Crippen LogP contribution is -2.53. The third-order valence-electron chi connectivity index (χ3n) is 6.10. The van der Waals surface area contributed by atoms with Gasteiger partial charge in [-0.2, -0.15) is 0 Å².